The zero-order valence-electron chi connectivity index (χ0n) is 14.1. The van der Waals surface area contributed by atoms with Gasteiger partial charge in [0.25, 0.3) is 10.0 Å². The summed E-state index contributed by atoms with van der Waals surface area (Å²) < 4.78 is 36.9. The molecule has 1 heterocycles. The van der Waals surface area contributed by atoms with Crippen molar-refractivity contribution in [1.29, 1.82) is 0 Å². The molecule has 0 aliphatic carbocycles. The van der Waals surface area contributed by atoms with Crippen LogP contribution < -0.4 is 4.74 Å². The normalized spacial score (nSPS) is 14.8. The number of fused-ring (bicyclic) bond motifs is 1. The molecule has 0 amide bonds. The van der Waals surface area contributed by atoms with Crippen LogP contribution in [0.3, 0.4) is 0 Å². The Balaban J connectivity index is 1.97. The van der Waals surface area contributed by atoms with Crippen molar-refractivity contribution < 1.29 is 22.7 Å². The van der Waals surface area contributed by atoms with E-state index in [1.165, 1.54) is 25.5 Å². The Kier molecular flexibility index (Phi) is 4.81. The quantitative estimate of drug-likeness (QED) is 0.597. The number of hydrogen-bond acceptors (Lipinski definition) is 5. The van der Waals surface area contributed by atoms with E-state index >= 15 is 0 Å². The van der Waals surface area contributed by atoms with Crippen LogP contribution >= 0.6 is 0 Å². The summed E-state index contributed by atoms with van der Waals surface area (Å²) in [4.78, 5) is 12.5. The molecule has 7 heteroatoms. The van der Waals surface area contributed by atoms with Gasteiger partial charge in [0.15, 0.2) is 5.76 Å². The lowest BCUT2D eigenvalue weighted by atomic mass is 10.2. The zero-order chi connectivity index (χ0) is 18.7. The molecule has 3 rings (SSSR count). The van der Waals surface area contributed by atoms with E-state index in [4.69, 9.17) is 9.47 Å². The van der Waals surface area contributed by atoms with E-state index in [0.717, 1.165) is 4.31 Å². The number of sulfonamides is 1. The average Bonchev–Trinajstić information content (AvgIpc) is 2.66. The molecule has 0 unspecified atom stereocenters. The maximum absolute atomic E-state index is 12.6. The van der Waals surface area contributed by atoms with Gasteiger partial charge in [0.1, 0.15) is 5.75 Å². The molecule has 1 aliphatic heterocycles. The van der Waals surface area contributed by atoms with Crippen LogP contribution in [0.1, 0.15) is 15.9 Å². The molecule has 0 saturated heterocycles. The Morgan fingerprint density at radius 2 is 1.85 bits per heavy atom. The third kappa shape index (κ3) is 3.21. The Labute approximate surface area is 152 Å². The number of ether oxygens (including phenoxy) is 2. The number of rotatable bonds is 5. The van der Waals surface area contributed by atoms with Gasteiger partial charge in [-0.3, -0.25) is 4.31 Å². The fraction of sp³-hybridized carbons (Fsp3) is 0.105. The van der Waals surface area contributed by atoms with Crippen LogP contribution in [-0.4, -0.2) is 32.3 Å². The summed E-state index contributed by atoms with van der Waals surface area (Å²) >= 11 is 0. The van der Waals surface area contributed by atoms with Gasteiger partial charge in [-0.05, 0) is 36.4 Å². The summed E-state index contributed by atoms with van der Waals surface area (Å²) in [6, 6.07) is 12.8. The molecule has 2 aromatic carbocycles. The van der Waals surface area contributed by atoms with Crippen molar-refractivity contribution >= 4 is 21.8 Å². The highest BCUT2D eigenvalue weighted by Gasteiger charge is 2.32. The lowest BCUT2D eigenvalue weighted by Gasteiger charge is -2.26. The van der Waals surface area contributed by atoms with Crippen molar-refractivity contribution in [3.05, 3.63) is 78.5 Å². The summed E-state index contributed by atoms with van der Waals surface area (Å²) in [6.07, 6.45) is 2.77. The van der Waals surface area contributed by atoms with E-state index in [1.807, 2.05) is 0 Å². The average molecular weight is 371 g/mol. The first-order valence-electron chi connectivity index (χ1n) is 7.77. The van der Waals surface area contributed by atoms with Crippen LogP contribution in [0.4, 0.5) is 0 Å². The molecule has 0 atom stereocenters. The minimum absolute atomic E-state index is 0.0697. The van der Waals surface area contributed by atoms with E-state index in [-0.39, 0.29) is 17.2 Å². The van der Waals surface area contributed by atoms with Crippen LogP contribution in [-0.2, 0) is 14.8 Å². The van der Waals surface area contributed by atoms with Gasteiger partial charge in [-0.1, -0.05) is 18.2 Å². The van der Waals surface area contributed by atoms with Crippen LogP contribution in [0.15, 0.2) is 72.3 Å². The van der Waals surface area contributed by atoms with Crippen molar-refractivity contribution in [2.75, 3.05) is 13.7 Å². The predicted molar refractivity (Wildman–Crippen MR) is 96.9 cm³/mol. The number of hydrogen-bond donors (Lipinski definition) is 0. The van der Waals surface area contributed by atoms with Crippen molar-refractivity contribution in [3.63, 3.8) is 0 Å². The fourth-order valence-corrected chi connectivity index (χ4v) is 4.02. The third-order valence-electron chi connectivity index (χ3n) is 3.84. The van der Waals surface area contributed by atoms with Gasteiger partial charge in [-0.15, -0.1) is 6.58 Å². The molecule has 0 bridgehead atoms. The largest absolute Gasteiger partial charge is 0.497 e. The first-order chi connectivity index (χ1) is 12.5. The topological polar surface area (TPSA) is 72.9 Å². The van der Waals surface area contributed by atoms with Crippen molar-refractivity contribution in [2.24, 2.45) is 0 Å². The highest BCUT2D eigenvalue weighted by atomic mass is 32.2. The number of esters is 1. The predicted octanol–water partition coefficient (Wildman–Crippen LogP) is 3.04. The first-order valence-corrected chi connectivity index (χ1v) is 9.21. The number of nitrogens with zero attached hydrogens (tertiary/aromatic N) is 1. The summed E-state index contributed by atoms with van der Waals surface area (Å²) in [6.45, 7) is 3.64. The van der Waals surface area contributed by atoms with Crippen LogP contribution in [0.2, 0.25) is 0 Å². The third-order valence-corrected chi connectivity index (χ3v) is 5.62. The SMILES string of the molecule is C=CCN1C=C(OC(=O)c2ccc(OC)cc2)c2ccccc2S1(=O)=O. The lowest BCUT2D eigenvalue weighted by Crippen LogP contribution is -2.31. The second kappa shape index (κ2) is 7.05. The van der Waals surface area contributed by atoms with Crippen LogP contribution in [0.25, 0.3) is 5.76 Å². The Morgan fingerprint density at radius 3 is 2.50 bits per heavy atom. The molecule has 2 aromatic rings. The smallest absolute Gasteiger partial charge is 0.343 e. The van der Waals surface area contributed by atoms with Gasteiger partial charge in [0.2, 0.25) is 0 Å². The zero-order valence-corrected chi connectivity index (χ0v) is 14.9. The van der Waals surface area contributed by atoms with Gasteiger partial charge in [-0.2, -0.15) is 0 Å². The summed E-state index contributed by atoms with van der Waals surface area (Å²) in [5.41, 5.74) is 0.669. The standard InChI is InChI=1S/C19H17NO5S/c1-3-12-20-13-17(16-6-4-5-7-18(16)26(20,22)23)25-19(21)14-8-10-15(24-2)11-9-14/h3-11,13H,1,12H2,2H3. The second-order valence-corrected chi connectivity index (χ2v) is 7.33. The van der Waals surface area contributed by atoms with E-state index in [9.17, 15) is 13.2 Å². The molecular weight excluding hydrogens is 354 g/mol. The minimum atomic E-state index is -3.71. The first kappa shape index (κ1) is 17.8. The van der Waals surface area contributed by atoms with Crippen LogP contribution in [0, 0.1) is 0 Å². The van der Waals surface area contributed by atoms with Gasteiger partial charge in [-0.25, -0.2) is 13.2 Å². The molecule has 0 N–H and O–H groups in total. The summed E-state index contributed by atoms with van der Waals surface area (Å²) in [7, 11) is -2.18. The Hall–Kier alpha value is -3.06. The van der Waals surface area contributed by atoms with E-state index in [0.29, 0.717) is 16.9 Å². The highest BCUT2D eigenvalue weighted by Crippen LogP contribution is 2.33. The van der Waals surface area contributed by atoms with Gasteiger partial charge >= 0.3 is 5.97 Å². The maximum atomic E-state index is 12.6. The van der Waals surface area contributed by atoms with Crippen molar-refractivity contribution in [2.45, 2.75) is 4.90 Å². The molecule has 26 heavy (non-hydrogen) atoms. The minimum Gasteiger partial charge on any atom is -0.497 e. The van der Waals surface area contributed by atoms with Crippen molar-refractivity contribution in [1.82, 2.24) is 4.31 Å². The monoisotopic (exact) mass is 371 g/mol. The molecule has 0 fully saturated rings. The van der Waals surface area contributed by atoms with Gasteiger partial charge in [0.05, 0.1) is 30.3 Å². The molecule has 0 saturated carbocycles. The number of benzene rings is 2. The summed E-state index contributed by atoms with van der Waals surface area (Å²) in [5, 5.41) is 0. The molecule has 1 aliphatic rings. The molecule has 6 nitrogen and oxygen atoms in total. The number of methoxy groups -OCH3 is 1. The van der Waals surface area contributed by atoms with Gasteiger partial charge in [0, 0.05) is 5.56 Å². The molecule has 0 radical (unpaired) electrons. The highest BCUT2D eigenvalue weighted by molar-refractivity contribution is 7.89. The second-order valence-electron chi connectivity index (χ2n) is 5.47. The Morgan fingerprint density at radius 1 is 1.15 bits per heavy atom. The number of carbonyl (C=O) groups is 1. The van der Waals surface area contributed by atoms with E-state index < -0.39 is 16.0 Å². The fourth-order valence-electron chi connectivity index (χ4n) is 2.54. The number of carbonyl (C=O) groups excluding carboxylic acids is 1. The van der Waals surface area contributed by atoms with E-state index in [1.54, 1.807) is 42.5 Å². The van der Waals surface area contributed by atoms with Gasteiger partial charge < -0.3 is 9.47 Å². The van der Waals surface area contributed by atoms with E-state index in [2.05, 4.69) is 6.58 Å². The Bertz CT molecular complexity index is 977. The maximum Gasteiger partial charge on any atom is 0.343 e. The molecule has 0 aromatic heterocycles. The molecular formula is C19H17NO5S. The lowest BCUT2D eigenvalue weighted by molar-refractivity contribution is 0.0689. The van der Waals surface area contributed by atoms with Crippen LogP contribution in [0.5, 0.6) is 5.75 Å². The molecule has 134 valence electrons. The molecule has 0 spiro atoms. The van der Waals surface area contributed by atoms with Crippen molar-refractivity contribution in [3.8, 4) is 5.75 Å². The summed E-state index contributed by atoms with van der Waals surface area (Å²) in [5.74, 6) is 0.191.